The van der Waals surface area contributed by atoms with Crippen LogP contribution in [0.3, 0.4) is 0 Å². The van der Waals surface area contributed by atoms with Crippen LogP contribution < -0.4 is 10.1 Å². The van der Waals surface area contributed by atoms with Gasteiger partial charge in [0.05, 0.1) is 7.11 Å². The molecule has 0 saturated heterocycles. The highest BCUT2D eigenvalue weighted by molar-refractivity contribution is 5.30. The molecule has 2 aromatic carbocycles. The molecule has 110 valence electrons. The molecule has 3 rings (SSSR count). The van der Waals surface area contributed by atoms with Gasteiger partial charge < -0.3 is 10.1 Å². The van der Waals surface area contributed by atoms with Gasteiger partial charge in [-0.05, 0) is 61.1 Å². The molecule has 21 heavy (non-hydrogen) atoms. The lowest BCUT2D eigenvalue weighted by Gasteiger charge is -2.25. The monoisotopic (exact) mass is 281 g/mol. The second-order valence-corrected chi connectivity index (χ2v) is 5.76. The van der Waals surface area contributed by atoms with E-state index in [0.717, 1.165) is 18.7 Å². The molecule has 0 heterocycles. The van der Waals surface area contributed by atoms with E-state index in [1.165, 1.54) is 36.0 Å². The quantitative estimate of drug-likeness (QED) is 0.907. The molecule has 0 bridgehead atoms. The molecule has 1 N–H and O–H groups in total. The minimum Gasteiger partial charge on any atom is -0.497 e. The number of ether oxygens (including phenoxy) is 1. The lowest BCUT2D eigenvalue weighted by Crippen LogP contribution is -2.35. The molecule has 2 heteroatoms. The van der Waals surface area contributed by atoms with Crippen molar-refractivity contribution in [1.29, 1.82) is 0 Å². The van der Waals surface area contributed by atoms with Crippen molar-refractivity contribution in [3.8, 4) is 5.75 Å². The SMILES string of the molecule is COc1ccc(CCN[C@H]2CCc3ccccc3C2)cc1. The highest BCUT2D eigenvalue weighted by Crippen LogP contribution is 2.21. The maximum atomic E-state index is 5.19. The molecule has 2 aromatic rings. The summed E-state index contributed by atoms with van der Waals surface area (Å²) in [6, 6.07) is 17.8. The number of aryl methyl sites for hydroxylation is 1. The Morgan fingerprint density at radius 3 is 2.57 bits per heavy atom. The summed E-state index contributed by atoms with van der Waals surface area (Å²) in [5.74, 6) is 0.926. The Kier molecular flexibility index (Phi) is 4.56. The van der Waals surface area contributed by atoms with Crippen molar-refractivity contribution in [1.82, 2.24) is 5.32 Å². The first-order valence-electron chi connectivity index (χ1n) is 7.78. The molecule has 0 amide bonds. The molecule has 0 aliphatic heterocycles. The molecule has 1 aliphatic rings. The van der Waals surface area contributed by atoms with Crippen LogP contribution in [0.25, 0.3) is 0 Å². The minimum atomic E-state index is 0.623. The Hall–Kier alpha value is -1.80. The van der Waals surface area contributed by atoms with E-state index in [2.05, 4.69) is 41.7 Å². The number of methoxy groups -OCH3 is 1. The van der Waals surface area contributed by atoms with Gasteiger partial charge in [0.1, 0.15) is 5.75 Å². The fourth-order valence-corrected chi connectivity index (χ4v) is 3.08. The maximum Gasteiger partial charge on any atom is 0.118 e. The summed E-state index contributed by atoms with van der Waals surface area (Å²) in [5, 5.41) is 3.71. The van der Waals surface area contributed by atoms with Crippen molar-refractivity contribution in [3.05, 3.63) is 65.2 Å². The number of fused-ring (bicyclic) bond motifs is 1. The van der Waals surface area contributed by atoms with Crippen LogP contribution in [0.1, 0.15) is 23.1 Å². The highest BCUT2D eigenvalue weighted by Gasteiger charge is 2.17. The van der Waals surface area contributed by atoms with Crippen LogP contribution in [-0.2, 0) is 19.3 Å². The molecule has 0 fully saturated rings. The lowest BCUT2D eigenvalue weighted by atomic mass is 9.88. The van der Waals surface area contributed by atoms with Crippen LogP contribution in [0.4, 0.5) is 0 Å². The Balaban J connectivity index is 1.48. The first-order chi connectivity index (χ1) is 10.3. The zero-order valence-corrected chi connectivity index (χ0v) is 12.6. The zero-order valence-electron chi connectivity index (χ0n) is 12.6. The average molecular weight is 281 g/mol. The maximum absolute atomic E-state index is 5.19. The molecule has 0 spiro atoms. The Labute approximate surface area is 127 Å². The van der Waals surface area contributed by atoms with Crippen molar-refractivity contribution in [2.45, 2.75) is 31.7 Å². The van der Waals surface area contributed by atoms with Crippen LogP contribution in [-0.4, -0.2) is 19.7 Å². The lowest BCUT2D eigenvalue weighted by molar-refractivity contribution is 0.414. The largest absolute Gasteiger partial charge is 0.497 e. The van der Waals surface area contributed by atoms with E-state index in [-0.39, 0.29) is 0 Å². The van der Waals surface area contributed by atoms with E-state index in [1.54, 1.807) is 7.11 Å². The molecule has 1 atom stereocenters. The zero-order chi connectivity index (χ0) is 14.5. The third kappa shape index (κ3) is 3.64. The molecule has 2 nitrogen and oxygen atoms in total. The normalized spacial score (nSPS) is 17.3. The van der Waals surface area contributed by atoms with Gasteiger partial charge in [-0.1, -0.05) is 36.4 Å². The van der Waals surface area contributed by atoms with Crippen molar-refractivity contribution in [2.24, 2.45) is 0 Å². The van der Waals surface area contributed by atoms with Gasteiger partial charge in [-0.2, -0.15) is 0 Å². The summed E-state index contributed by atoms with van der Waals surface area (Å²) in [6.45, 7) is 1.04. The predicted molar refractivity (Wildman–Crippen MR) is 87.0 cm³/mol. The highest BCUT2D eigenvalue weighted by atomic mass is 16.5. The standard InChI is InChI=1S/C19H23NO/c1-21-19-10-6-15(7-11-19)12-13-20-18-9-8-16-4-2-3-5-17(16)14-18/h2-7,10-11,18,20H,8-9,12-14H2,1H3/t18-/m0/s1. The number of hydrogen-bond acceptors (Lipinski definition) is 2. The van der Waals surface area contributed by atoms with Crippen LogP contribution in [0.15, 0.2) is 48.5 Å². The van der Waals surface area contributed by atoms with Crippen molar-refractivity contribution < 1.29 is 4.74 Å². The van der Waals surface area contributed by atoms with Gasteiger partial charge in [-0.25, -0.2) is 0 Å². The first kappa shape index (κ1) is 14.2. The molecule has 0 saturated carbocycles. The summed E-state index contributed by atoms with van der Waals surface area (Å²) in [4.78, 5) is 0. The van der Waals surface area contributed by atoms with E-state index in [4.69, 9.17) is 4.74 Å². The van der Waals surface area contributed by atoms with Crippen LogP contribution in [0, 0.1) is 0 Å². The molecule has 0 aromatic heterocycles. The van der Waals surface area contributed by atoms with E-state index in [1.807, 2.05) is 12.1 Å². The molecule has 1 aliphatic carbocycles. The van der Waals surface area contributed by atoms with Crippen molar-refractivity contribution in [2.75, 3.05) is 13.7 Å². The number of rotatable bonds is 5. The average Bonchev–Trinajstić information content (AvgIpc) is 2.55. The van der Waals surface area contributed by atoms with Crippen molar-refractivity contribution in [3.63, 3.8) is 0 Å². The van der Waals surface area contributed by atoms with E-state index >= 15 is 0 Å². The summed E-state index contributed by atoms with van der Waals surface area (Å²) in [6.07, 6.45) is 4.69. The fourth-order valence-electron chi connectivity index (χ4n) is 3.08. The summed E-state index contributed by atoms with van der Waals surface area (Å²) in [7, 11) is 1.71. The summed E-state index contributed by atoms with van der Waals surface area (Å²) < 4.78 is 5.19. The van der Waals surface area contributed by atoms with Gasteiger partial charge in [0.15, 0.2) is 0 Å². The van der Waals surface area contributed by atoms with Crippen molar-refractivity contribution >= 4 is 0 Å². The third-order valence-electron chi connectivity index (χ3n) is 4.35. The van der Waals surface area contributed by atoms with Gasteiger partial charge in [0, 0.05) is 6.04 Å². The number of nitrogens with one attached hydrogen (secondary N) is 1. The van der Waals surface area contributed by atoms with Crippen LogP contribution >= 0.6 is 0 Å². The van der Waals surface area contributed by atoms with Crippen LogP contribution in [0.5, 0.6) is 5.75 Å². The first-order valence-corrected chi connectivity index (χ1v) is 7.78. The second-order valence-electron chi connectivity index (χ2n) is 5.76. The summed E-state index contributed by atoms with van der Waals surface area (Å²) in [5.41, 5.74) is 4.41. The van der Waals surface area contributed by atoms with Gasteiger partial charge >= 0.3 is 0 Å². The molecular formula is C19H23NO. The minimum absolute atomic E-state index is 0.623. The van der Waals surface area contributed by atoms with Crippen LogP contribution in [0.2, 0.25) is 0 Å². The second kappa shape index (κ2) is 6.77. The smallest absolute Gasteiger partial charge is 0.118 e. The summed E-state index contributed by atoms with van der Waals surface area (Å²) >= 11 is 0. The van der Waals surface area contributed by atoms with E-state index in [9.17, 15) is 0 Å². The Morgan fingerprint density at radius 2 is 1.81 bits per heavy atom. The predicted octanol–water partition coefficient (Wildman–Crippen LogP) is 3.38. The van der Waals surface area contributed by atoms with Gasteiger partial charge in [-0.15, -0.1) is 0 Å². The molecule has 0 radical (unpaired) electrons. The fraction of sp³-hybridized carbons (Fsp3) is 0.368. The van der Waals surface area contributed by atoms with Gasteiger partial charge in [0.2, 0.25) is 0 Å². The van der Waals surface area contributed by atoms with Gasteiger partial charge in [0.25, 0.3) is 0 Å². The topological polar surface area (TPSA) is 21.3 Å². The van der Waals surface area contributed by atoms with Gasteiger partial charge in [-0.3, -0.25) is 0 Å². The molecule has 0 unspecified atom stereocenters. The van der Waals surface area contributed by atoms with E-state index < -0.39 is 0 Å². The number of benzene rings is 2. The molecular weight excluding hydrogens is 258 g/mol. The van der Waals surface area contributed by atoms with E-state index in [0.29, 0.717) is 6.04 Å². The third-order valence-corrected chi connectivity index (χ3v) is 4.35. The Bertz CT molecular complexity index is 576. The number of hydrogen-bond donors (Lipinski definition) is 1. The Morgan fingerprint density at radius 1 is 1.05 bits per heavy atom.